The van der Waals surface area contributed by atoms with E-state index in [2.05, 4.69) is 32.8 Å². The molecule has 2 heterocycles. The fourth-order valence-corrected chi connectivity index (χ4v) is 5.26. The van der Waals surface area contributed by atoms with E-state index >= 15 is 0 Å². The van der Waals surface area contributed by atoms with E-state index < -0.39 is 12.0 Å². The summed E-state index contributed by atoms with van der Waals surface area (Å²) in [7, 11) is 1.60. The predicted octanol–water partition coefficient (Wildman–Crippen LogP) is 6.01. The summed E-state index contributed by atoms with van der Waals surface area (Å²) < 4.78 is 13.2. The van der Waals surface area contributed by atoms with Gasteiger partial charge in [-0.25, -0.2) is 9.48 Å². The van der Waals surface area contributed by atoms with Gasteiger partial charge < -0.3 is 14.8 Å². The molecule has 1 atom stereocenters. The zero-order chi connectivity index (χ0) is 24.2. The van der Waals surface area contributed by atoms with Crippen LogP contribution < -0.4 is 10.1 Å². The Morgan fingerprint density at radius 3 is 2.85 bits per heavy atom. The maximum absolute atomic E-state index is 13.0. The third-order valence-electron chi connectivity index (χ3n) is 5.19. The highest BCUT2D eigenvalue weighted by Crippen LogP contribution is 2.39. The number of thioether (sulfide) groups is 1. The van der Waals surface area contributed by atoms with Crippen LogP contribution in [0.1, 0.15) is 24.1 Å². The molecule has 1 unspecified atom stereocenters. The Balaban J connectivity index is 1.72. The Morgan fingerprint density at radius 1 is 1.35 bits per heavy atom. The first kappa shape index (κ1) is 24.4. The molecule has 7 nitrogen and oxygen atoms in total. The number of methoxy groups -OCH3 is 1. The first-order chi connectivity index (χ1) is 16.4. The van der Waals surface area contributed by atoms with Crippen molar-refractivity contribution in [1.29, 1.82) is 0 Å². The Labute approximate surface area is 215 Å². The molecule has 1 aliphatic rings. The van der Waals surface area contributed by atoms with Crippen molar-refractivity contribution in [2.24, 2.45) is 0 Å². The molecule has 0 bridgehead atoms. The number of rotatable bonds is 8. The van der Waals surface area contributed by atoms with Gasteiger partial charge in [0.05, 0.1) is 17.2 Å². The van der Waals surface area contributed by atoms with Gasteiger partial charge in [0.15, 0.2) is 0 Å². The molecule has 0 spiro atoms. The summed E-state index contributed by atoms with van der Waals surface area (Å²) in [5.41, 5.74) is 2.91. The van der Waals surface area contributed by atoms with E-state index in [0.29, 0.717) is 38.9 Å². The number of carbonyl (C=O) groups excluding carboxylic acids is 1. The molecule has 2 aromatic carbocycles. The monoisotopic (exact) mass is 560 g/mol. The van der Waals surface area contributed by atoms with Gasteiger partial charge in [-0.1, -0.05) is 60.3 Å². The number of nitrogens with zero attached hydrogens (tertiary/aromatic N) is 3. The molecule has 10 heteroatoms. The summed E-state index contributed by atoms with van der Waals surface area (Å²) in [5.74, 6) is 1.39. The minimum Gasteiger partial charge on any atom is -0.496 e. The van der Waals surface area contributed by atoms with Crippen molar-refractivity contribution in [3.63, 3.8) is 0 Å². The van der Waals surface area contributed by atoms with Crippen LogP contribution >= 0.6 is 39.3 Å². The maximum atomic E-state index is 13.0. The van der Waals surface area contributed by atoms with Gasteiger partial charge >= 0.3 is 5.97 Å². The highest BCUT2D eigenvalue weighted by atomic mass is 79.9. The van der Waals surface area contributed by atoms with E-state index in [1.807, 2.05) is 49.4 Å². The fraction of sp³-hybridized carbons (Fsp3) is 0.208. The van der Waals surface area contributed by atoms with Crippen LogP contribution in [0.25, 0.3) is 0 Å². The molecule has 4 rings (SSSR count). The molecular formula is C24H22BrClN4O3S. The number of hydrogen-bond acceptors (Lipinski definition) is 7. The summed E-state index contributed by atoms with van der Waals surface area (Å²) in [4.78, 5) is 17.7. The number of fused-ring (bicyclic) bond motifs is 1. The lowest BCUT2D eigenvalue weighted by molar-refractivity contribution is -0.138. The van der Waals surface area contributed by atoms with E-state index in [9.17, 15) is 4.79 Å². The van der Waals surface area contributed by atoms with E-state index in [0.717, 1.165) is 15.6 Å². The summed E-state index contributed by atoms with van der Waals surface area (Å²) in [6, 6.07) is 12.8. The molecule has 0 fully saturated rings. The zero-order valence-electron chi connectivity index (χ0n) is 18.5. The molecular weight excluding hydrogens is 540 g/mol. The van der Waals surface area contributed by atoms with Crippen molar-refractivity contribution >= 4 is 51.2 Å². The molecule has 0 saturated heterocycles. The lowest BCUT2D eigenvalue weighted by Gasteiger charge is -2.28. The van der Waals surface area contributed by atoms with Gasteiger partial charge in [-0.15, -0.1) is 5.10 Å². The maximum Gasteiger partial charge on any atom is 0.338 e. The number of hydrogen-bond donors (Lipinski definition) is 1. The molecule has 176 valence electrons. The van der Waals surface area contributed by atoms with Gasteiger partial charge in [0.25, 0.3) is 0 Å². The highest BCUT2D eigenvalue weighted by molar-refractivity contribution is 9.10. The quantitative estimate of drug-likeness (QED) is 0.205. The normalized spacial score (nSPS) is 14.9. The summed E-state index contributed by atoms with van der Waals surface area (Å²) in [5, 5.41) is 9.19. The zero-order valence-corrected chi connectivity index (χ0v) is 21.7. The van der Waals surface area contributed by atoms with Crippen molar-refractivity contribution in [3.8, 4) is 5.75 Å². The van der Waals surface area contributed by atoms with Gasteiger partial charge in [0.2, 0.25) is 11.1 Å². The predicted molar refractivity (Wildman–Crippen MR) is 137 cm³/mol. The Bertz CT molecular complexity index is 1280. The average Bonchev–Trinajstić information content (AvgIpc) is 3.23. The minimum atomic E-state index is -0.544. The van der Waals surface area contributed by atoms with Crippen LogP contribution in [-0.4, -0.2) is 34.5 Å². The second-order valence-corrected chi connectivity index (χ2v) is 9.59. The fourth-order valence-electron chi connectivity index (χ4n) is 3.59. The molecule has 0 aliphatic carbocycles. The molecule has 1 aliphatic heterocycles. The largest absolute Gasteiger partial charge is 0.496 e. The van der Waals surface area contributed by atoms with Gasteiger partial charge in [-0.05, 0) is 52.2 Å². The number of halogens is 2. The van der Waals surface area contributed by atoms with Gasteiger partial charge in [0.1, 0.15) is 18.4 Å². The van der Waals surface area contributed by atoms with Crippen molar-refractivity contribution in [3.05, 3.63) is 87.0 Å². The number of ether oxygens (including phenoxy) is 2. The van der Waals surface area contributed by atoms with Crippen LogP contribution in [0, 0.1) is 0 Å². The average molecular weight is 562 g/mol. The number of allylic oxidation sites excluding steroid dienone is 1. The molecule has 0 radical (unpaired) electrons. The van der Waals surface area contributed by atoms with Gasteiger partial charge in [-0.2, -0.15) is 4.98 Å². The van der Waals surface area contributed by atoms with E-state index in [1.54, 1.807) is 11.8 Å². The first-order valence-corrected chi connectivity index (χ1v) is 12.5. The van der Waals surface area contributed by atoms with Crippen LogP contribution in [0.3, 0.4) is 0 Å². The third-order valence-corrected chi connectivity index (χ3v) is 7.07. The number of aromatic nitrogens is 3. The molecule has 1 N–H and O–H groups in total. The van der Waals surface area contributed by atoms with Crippen LogP contribution in [0.2, 0.25) is 5.02 Å². The molecule has 1 aromatic heterocycles. The van der Waals surface area contributed by atoms with Gasteiger partial charge in [-0.3, -0.25) is 0 Å². The first-order valence-electron chi connectivity index (χ1n) is 10.3. The Morgan fingerprint density at radius 2 is 2.15 bits per heavy atom. The van der Waals surface area contributed by atoms with Crippen molar-refractivity contribution in [2.75, 3.05) is 19.0 Å². The lowest BCUT2D eigenvalue weighted by atomic mass is 9.96. The van der Waals surface area contributed by atoms with Crippen molar-refractivity contribution < 1.29 is 14.3 Å². The topological polar surface area (TPSA) is 78.3 Å². The van der Waals surface area contributed by atoms with Crippen LogP contribution in [-0.2, 0) is 15.3 Å². The van der Waals surface area contributed by atoms with Crippen LogP contribution in [0.5, 0.6) is 5.75 Å². The van der Waals surface area contributed by atoms with Crippen LogP contribution in [0.4, 0.5) is 5.95 Å². The van der Waals surface area contributed by atoms with E-state index in [1.165, 1.54) is 17.8 Å². The molecule has 0 saturated carbocycles. The summed E-state index contributed by atoms with van der Waals surface area (Å²) in [6.07, 6.45) is 1.54. The second kappa shape index (κ2) is 10.7. The Hall–Kier alpha value is -2.75. The number of nitrogens with one attached hydrogen (secondary N) is 1. The Kier molecular flexibility index (Phi) is 7.65. The molecule has 34 heavy (non-hydrogen) atoms. The summed E-state index contributed by atoms with van der Waals surface area (Å²) >= 11 is 11.3. The molecule has 0 amide bonds. The third kappa shape index (κ3) is 5.01. The lowest BCUT2D eigenvalue weighted by Crippen LogP contribution is -2.29. The van der Waals surface area contributed by atoms with Crippen molar-refractivity contribution in [1.82, 2.24) is 14.8 Å². The van der Waals surface area contributed by atoms with Gasteiger partial charge in [0, 0.05) is 16.5 Å². The number of benzene rings is 2. The molecule has 3 aromatic rings. The number of esters is 1. The van der Waals surface area contributed by atoms with E-state index in [-0.39, 0.29) is 6.61 Å². The second-order valence-electron chi connectivity index (χ2n) is 7.39. The standard InChI is InChI=1S/C24H22BrClN4O3S/c1-4-11-33-22(31)20-14(2)27-23-28-24(34-13-16-7-5-6-8-18(16)26)29-30(23)21(20)15-9-10-19(32-3)17(25)12-15/h4-10,12,21H,1,11,13H2,2-3H3,(H,27,28,29). The van der Waals surface area contributed by atoms with Crippen LogP contribution in [0.15, 0.2) is 76.0 Å². The smallest absolute Gasteiger partial charge is 0.338 e. The van der Waals surface area contributed by atoms with E-state index in [4.69, 9.17) is 26.2 Å². The minimum absolute atomic E-state index is 0.109. The summed E-state index contributed by atoms with van der Waals surface area (Å²) in [6.45, 7) is 5.56. The number of anilines is 1. The highest BCUT2D eigenvalue weighted by Gasteiger charge is 2.35. The number of carbonyl (C=O) groups is 1. The SMILES string of the molecule is C=CCOC(=O)C1=C(C)Nc2nc(SCc3ccccc3Cl)nn2C1c1ccc(OC)c(Br)c1. The van der Waals surface area contributed by atoms with Crippen molar-refractivity contribution in [2.45, 2.75) is 23.9 Å².